The van der Waals surface area contributed by atoms with Crippen molar-refractivity contribution >= 4 is 23.7 Å². The average Bonchev–Trinajstić information content (AvgIpc) is 2.88. The maximum atomic E-state index is 12.2. The number of hydrazone groups is 1. The minimum Gasteiger partial charge on any atom is -0.497 e. The van der Waals surface area contributed by atoms with Crippen LogP contribution in [0.15, 0.2) is 65.8 Å². The van der Waals surface area contributed by atoms with Gasteiger partial charge in [-0.3, -0.25) is 9.59 Å². The molecule has 0 aliphatic carbocycles. The van der Waals surface area contributed by atoms with Crippen LogP contribution in [0.25, 0.3) is 0 Å². The molecule has 35 heavy (non-hydrogen) atoms. The fraction of sp³-hybridized carbons (Fsp3) is 0.192. The number of anilines is 1. The Bertz CT molecular complexity index is 1230. The summed E-state index contributed by atoms with van der Waals surface area (Å²) < 4.78 is 21.6. The number of carbonyl (C=O) groups is 2. The SMILES string of the molecule is COc1ccc(NC(=O)C(=O)N/N=C/c2ccc(OCc3ccccc3C)c(OC)c2)c(OC)c1. The minimum absolute atomic E-state index is 0.323. The first-order chi connectivity index (χ1) is 16.9. The van der Waals surface area contributed by atoms with Crippen LogP contribution in [0.2, 0.25) is 0 Å². The third-order valence-electron chi connectivity index (χ3n) is 5.07. The monoisotopic (exact) mass is 477 g/mol. The summed E-state index contributed by atoms with van der Waals surface area (Å²) in [4.78, 5) is 24.4. The average molecular weight is 478 g/mol. The number of aryl methyl sites for hydroxylation is 1. The highest BCUT2D eigenvalue weighted by Crippen LogP contribution is 2.29. The zero-order chi connectivity index (χ0) is 25.2. The highest BCUT2D eigenvalue weighted by Gasteiger charge is 2.16. The van der Waals surface area contributed by atoms with E-state index in [9.17, 15) is 9.59 Å². The molecule has 3 rings (SSSR count). The third-order valence-corrected chi connectivity index (χ3v) is 5.07. The molecule has 9 nitrogen and oxygen atoms in total. The molecule has 3 aromatic carbocycles. The maximum Gasteiger partial charge on any atom is 0.329 e. The maximum absolute atomic E-state index is 12.2. The Kier molecular flexibility index (Phi) is 8.66. The fourth-order valence-electron chi connectivity index (χ4n) is 3.11. The summed E-state index contributed by atoms with van der Waals surface area (Å²) in [6, 6.07) is 18.0. The number of hydrogen-bond acceptors (Lipinski definition) is 7. The van der Waals surface area contributed by atoms with E-state index < -0.39 is 11.8 Å². The molecular formula is C26H27N3O6. The zero-order valence-corrected chi connectivity index (χ0v) is 20.0. The van der Waals surface area contributed by atoms with E-state index in [-0.39, 0.29) is 0 Å². The number of hydrogen-bond donors (Lipinski definition) is 2. The van der Waals surface area contributed by atoms with Gasteiger partial charge in [-0.1, -0.05) is 24.3 Å². The second kappa shape index (κ2) is 12.1. The van der Waals surface area contributed by atoms with Crippen LogP contribution < -0.4 is 29.7 Å². The molecule has 0 radical (unpaired) electrons. The van der Waals surface area contributed by atoms with Gasteiger partial charge in [-0.25, -0.2) is 5.43 Å². The number of carbonyl (C=O) groups excluding carboxylic acids is 2. The summed E-state index contributed by atoms with van der Waals surface area (Å²) in [5.74, 6) is 0.150. The highest BCUT2D eigenvalue weighted by molar-refractivity contribution is 6.39. The molecule has 9 heteroatoms. The molecule has 0 atom stereocenters. The lowest BCUT2D eigenvalue weighted by molar-refractivity contribution is -0.136. The molecule has 182 valence electrons. The van der Waals surface area contributed by atoms with Gasteiger partial charge in [-0.15, -0.1) is 0 Å². The highest BCUT2D eigenvalue weighted by atomic mass is 16.5. The Morgan fingerprint density at radius 1 is 0.857 bits per heavy atom. The van der Waals surface area contributed by atoms with Crippen molar-refractivity contribution in [3.8, 4) is 23.0 Å². The molecule has 3 aromatic rings. The first kappa shape index (κ1) is 25.1. The van der Waals surface area contributed by atoms with Crippen molar-refractivity contribution in [3.05, 3.63) is 77.4 Å². The number of rotatable bonds is 9. The van der Waals surface area contributed by atoms with E-state index in [1.165, 1.54) is 27.5 Å². The van der Waals surface area contributed by atoms with Crippen LogP contribution in [0.3, 0.4) is 0 Å². The van der Waals surface area contributed by atoms with Gasteiger partial charge in [0, 0.05) is 6.07 Å². The van der Waals surface area contributed by atoms with Crippen LogP contribution in [0, 0.1) is 6.92 Å². The fourth-order valence-corrected chi connectivity index (χ4v) is 3.11. The van der Waals surface area contributed by atoms with Crippen LogP contribution >= 0.6 is 0 Å². The van der Waals surface area contributed by atoms with Gasteiger partial charge in [0.2, 0.25) is 0 Å². The Labute approximate surface area is 203 Å². The quantitative estimate of drug-likeness (QED) is 0.277. The second-order valence-corrected chi connectivity index (χ2v) is 7.34. The lowest BCUT2D eigenvalue weighted by Gasteiger charge is -2.12. The van der Waals surface area contributed by atoms with Gasteiger partial charge in [0.25, 0.3) is 0 Å². The molecule has 2 amide bonds. The lowest BCUT2D eigenvalue weighted by Crippen LogP contribution is -2.32. The van der Waals surface area contributed by atoms with Crippen LogP contribution in [0.5, 0.6) is 23.0 Å². The van der Waals surface area contributed by atoms with Crippen molar-refractivity contribution in [3.63, 3.8) is 0 Å². The Hall–Kier alpha value is -4.53. The smallest absolute Gasteiger partial charge is 0.329 e. The summed E-state index contributed by atoms with van der Waals surface area (Å²) in [7, 11) is 4.50. The van der Waals surface area contributed by atoms with Crippen molar-refractivity contribution < 1.29 is 28.5 Å². The molecule has 0 saturated carbocycles. The molecule has 0 heterocycles. The second-order valence-electron chi connectivity index (χ2n) is 7.34. The molecule has 0 aromatic heterocycles. The number of nitrogens with one attached hydrogen (secondary N) is 2. The van der Waals surface area contributed by atoms with Crippen LogP contribution in [-0.4, -0.2) is 39.4 Å². The van der Waals surface area contributed by atoms with E-state index in [4.69, 9.17) is 18.9 Å². The standard InChI is InChI=1S/C26H27N3O6/c1-17-7-5-6-8-19(17)16-35-22-12-9-18(13-24(22)34-4)15-27-29-26(31)25(30)28-21-11-10-20(32-2)14-23(21)33-3/h5-15H,16H2,1-4H3,(H,28,30)(H,29,31)/b27-15+. The van der Waals surface area contributed by atoms with E-state index in [1.807, 2.05) is 31.2 Å². The Morgan fingerprint density at radius 3 is 2.34 bits per heavy atom. The topological polar surface area (TPSA) is 107 Å². The summed E-state index contributed by atoms with van der Waals surface area (Å²) in [6.07, 6.45) is 1.40. The van der Waals surface area contributed by atoms with Crippen molar-refractivity contribution in [1.29, 1.82) is 0 Å². The largest absolute Gasteiger partial charge is 0.497 e. The number of benzene rings is 3. The summed E-state index contributed by atoms with van der Waals surface area (Å²) >= 11 is 0. The van der Waals surface area contributed by atoms with Gasteiger partial charge in [-0.2, -0.15) is 5.10 Å². The van der Waals surface area contributed by atoms with E-state index in [0.717, 1.165) is 11.1 Å². The van der Waals surface area contributed by atoms with Gasteiger partial charge in [-0.05, 0) is 53.9 Å². The van der Waals surface area contributed by atoms with Gasteiger partial charge in [0.1, 0.15) is 18.1 Å². The molecule has 0 saturated heterocycles. The first-order valence-electron chi connectivity index (χ1n) is 10.7. The van der Waals surface area contributed by atoms with Gasteiger partial charge in [0.05, 0.1) is 33.2 Å². The van der Waals surface area contributed by atoms with Gasteiger partial charge < -0.3 is 24.3 Å². The zero-order valence-electron chi connectivity index (χ0n) is 20.0. The van der Waals surface area contributed by atoms with Crippen LogP contribution in [0.4, 0.5) is 5.69 Å². The normalized spacial score (nSPS) is 10.5. The Morgan fingerprint density at radius 2 is 1.63 bits per heavy atom. The molecule has 2 N–H and O–H groups in total. The number of ether oxygens (including phenoxy) is 4. The van der Waals surface area contributed by atoms with Crippen molar-refractivity contribution in [2.45, 2.75) is 13.5 Å². The summed E-state index contributed by atoms with van der Waals surface area (Å²) in [6.45, 7) is 2.43. The summed E-state index contributed by atoms with van der Waals surface area (Å²) in [5, 5.41) is 6.33. The van der Waals surface area contributed by atoms with E-state index in [0.29, 0.717) is 40.9 Å². The van der Waals surface area contributed by atoms with E-state index in [2.05, 4.69) is 15.8 Å². The van der Waals surface area contributed by atoms with Crippen molar-refractivity contribution in [1.82, 2.24) is 5.43 Å². The third kappa shape index (κ3) is 6.73. The minimum atomic E-state index is -0.940. The van der Waals surface area contributed by atoms with Crippen molar-refractivity contribution in [2.24, 2.45) is 5.10 Å². The van der Waals surface area contributed by atoms with Crippen LogP contribution in [0.1, 0.15) is 16.7 Å². The van der Waals surface area contributed by atoms with Gasteiger partial charge >= 0.3 is 11.8 Å². The first-order valence-corrected chi connectivity index (χ1v) is 10.7. The predicted molar refractivity (Wildman–Crippen MR) is 132 cm³/mol. The number of methoxy groups -OCH3 is 3. The van der Waals surface area contributed by atoms with Crippen molar-refractivity contribution in [2.75, 3.05) is 26.6 Å². The van der Waals surface area contributed by atoms with Gasteiger partial charge in [0.15, 0.2) is 11.5 Å². The molecule has 0 aliphatic rings. The van der Waals surface area contributed by atoms with E-state index in [1.54, 1.807) is 36.4 Å². The van der Waals surface area contributed by atoms with Crippen LogP contribution in [-0.2, 0) is 16.2 Å². The molecule has 0 bridgehead atoms. The predicted octanol–water partition coefficient (Wildman–Crippen LogP) is 3.69. The molecule has 0 aliphatic heterocycles. The number of amides is 2. The molecular weight excluding hydrogens is 450 g/mol. The van der Waals surface area contributed by atoms with E-state index >= 15 is 0 Å². The lowest BCUT2D eigenvalue weighted by atomic mass is 10.1. The Balaban J connectivity index is 1.59. The molecule has 0 unspecified atom stereocenters. The summed E-state index contributed by atoms with van der Waals surface area (Å²) in [5.41, 5.74) is 5.38. The number of nitrogens with zero attached hydrogens (tertiary/aromatic N) is 1. The molecule has 0 fully saturated rings. The molecule has 0 spiro atoms.